The van der Waals surface area contributed by atoms with E-state index in [1.54, 1.807) is 0 Å². The minimum Gasteiger partial charge on any atom is -0.310 e. The van der Waals surface area contributed by atoms with Gasteiger partial charge in [-0.2, -0.15) is 0 Å². The first-order chi connectivity index (χ1) is 9.92. The maximum atomic E-state index is 8.88. The van der Waals surface area contributed by atoms with E-state index >= 15 is 0 Å². The zero-order chi connectivity index (χ0) is 15.5. The van der Waals surface area contributed by atoms with Crippen molar-refractivity contribution in [2.24, 2.45) is 4.99 Å². The van der Waals surface area contributed by atoms with Crippen LogP contribution < -0.4 is 9.80 Å². The smallest absolute Gasteiger partial charge is 0.310 e. The molecule has 0 atom stereocenters. The molecule has 7 nitrogen and oxygen atoms in total. The van der Waals surface area contributed by atoms with Crippen molar-refractivity contribution >= 4 is 25.2 Å². The molecule has 0 saturated heterocycles. The molecule has 0 radical (unpaired) electrons. The van der Waals surface area contributed by atoms with Crippen molar-refractivity contribution in [2.75, 3.05) is 29.4 Å². The summed E-state index contributed by atoms with van der Waals surface area (Å²) < 4.78 is 8.88. The quantitative estimate of drug-likeness (QED) is 0.733. The summed E-state index contributed by atoms with van der Waals surface area (Å²) >= 11 is 0. The number of rotatable bonds is 3. The number of guanidine groups is 1. The van der Waals surface area contributed by atoms with E-state index in [2.05, 4.69) is 46.0 Å². The Labute approximate surface area is 123 Å². The Morgan fingerprint density at radius 2 is 1.86 bits per heavy atom. The van der Waals surface area contributed by atoms with E-state index in [4.69, 9.17) is 19.2 Å². The fourth-order valence-electron chi connectivity index (χ4n) is 2.46. The fourth-order valence-corrected chi connectivity index (χ4v) is 2.46. The molecule has 116 valence electrons. The van der Waals surface area contributed by atoms with Gasteiger partial charge in [0.2, 0.25) is 5.96 Å². The highest BCUT2D eigenvalue weighted by molar-refractivity contribution is 7.45. The number of anilines is 2. The molecule has 1 aromatic rings. The first-order valence-corrected chi connectivity index (χ1v) is 8.45. The minimum absolute atomic E-state index is 0.937. The van der Waals surface area contributed by atoms with Gasteiger partial charge in [0.05, 0.1) is 17.9 Å². The van der Waals surface area contributed by atoms with Crippen LogP contribution in [0.15, 0.2) is 29.3 Å². The number of fused-ring (bicyclic) bond motifs is 3. The second kappa shape index (κ2) is 6.58. The van der Waals surface area contributed by atoms with Gasteiger partial charge in [-0.25, -0.2) is 4.57 Å². The summed E-state index contributed by atoms with van der Waals surface area (Å²) in [5, 5.41) is 0. The largest absolute Gasteiger partial charge is 0.466 e. The Hall–Kier alpha value is -1.40. The van der Waals surface area contributed by atoms with Gasteiger partial charge in [-0.3, -0.25) is 4.99 Å². The van der Waals surface area contributed by atoms with Crippen LogP contribution in [0.5, 0.6) is 0 Å². The van der Waals surface area contributed by atoms with Gasteiger partial charge in [0.15, 0.2) is 0 Å². The summed E-state index contributed by atoms with van der Waals surface area (Å²) in [4.78, 5) is 30.9. The van der Waals surface area contributed by atoms with Gasteiger partial charge in [-0.05, 0) is 18.6 Å². The second-order valence-corrected chi connectivity index (χ2v) is 5.87. The third kappa shape index (κ3) is 4.04. The highest BCUT2D eigenvalue weighted by Gasteiger charge is 2.34. The van der Waals surface area contributed by atoms with Crippen LogP contribution in [0.25, 0.3) is 0 Å². The molecule has 0 aliphatic carbocycles. The van der Waals surface area contributed by atoms with Gasteiger partial charge in [0, 0.05) is 13.1 Å². The van der Waals surface area contributed by atoms with E-state index in [1.807, 2.05) is 0 Å². The Morgan fingerprint density at radius 3 is 2.48 bits per heavy atom. The zero-order valence-electron chi connectivity index (χ0n) is 11.9. The number of aliphatic imine (C=N–C) groups is 1. The number of unbranched alkanes of at least 4 members (excludes halogenated alkanes) is 1. The predicted molar refractivity (Wildman–Crippen MR) is 82.6 cm³/mol. The normalized spacial score (nSPS) is 16.1. The summed E-state index contributed by atoms with van der Waals surface area (Å²) in [6, 6.07) is 8.62. The van der Waals surface area contributed by atoms with Crippen LogP contribution >= 0.6 is 7.82 Å². The van der Waals surface area contributed by atoms with Gasteiger partial charge in [0.1, 0.15) is 0 Å². The minimum atomic E-state index is -4.64. The molecule has 21 heavy (non-hydrogen) atoms. The third-order valence-electron chi connectivity index (χ3n) is 3.26. The highest BCUT2D eigenvalue weighted by atomic mass is 31.2. The van der Waals surface area contributed by atoms with E-state index in [9.17, 15) is 0 Å². The maximum absolute atomic E-state index is 8.88. The predicted octanol–water partition coefficient (Wildman–Crippen LogP) is 1.55. The van der Waals surface area contributed by atoms with Gasteiger partial charge < -0.3 is 24.5 Å². The van der Waals surface area contributed by atoms with Gasteiger partial charge in [0.25, 0.3) is 0 Å². The van der Waals surface area contributed by atoms with Crippen LogP contribution in [0.4, 0.5) is 11.4 Å². The molecule has 2 aliphatic rings. The summed E-state index contributed by atoms with van der Waals surface area (Å²) in [7, 11) is -4.64. The van der Waals surface area contributed by atoms with Crippen LogP contribution in [0.2, 0.25) is 0 Å². The molecule has 0 saturated carbocycles. The standard InChI is InChI=1S/C13H17N3.H3O4P/c1-2-3-9-15-11-6-4-5-7-12(11)16-10-8-14-13(15)16;1-5(2,3)4/h4-7H,2-3,8-10H2,1H3;(H3,1,2,3,4). The number of nitrogens with zero attached hydrogens (tertiary/aromatic N) is 3. The molecule has 2 heterocycles. The Balaban J connectivity index is 0.000000282. The lowest BCUT2D eigenvalue weighted by atomic mass is 10.2. The Morgan fingerprint density at radius 1 is 1.24 bits per heavy atom. The van der Waals surface area contributed by atoms with E-state index in [1.165, 1.54) is 24.2 Å². The number of benzene rings is 1. The van der Waals surface area contributed by atoms with E-state index < -0.39 is 7.82 Å². The summed E-state index contributed by atoms with van der Waals surface area (Å²) in [5.74, 6) is 1.16. The van der Waals surface area contributed by atoms with E-state index in [-0.39, 0.29) is 0 Å². The van der Waals surface area contributed by atoms with Crippen molar-refractivity contribution < 1.29 is 19.2 Å². The average molecular weight is 313 g/mol. The molecule has 0 unspecified atom stereocenters. The van der Waals surface area contributed by atoms with E-state index in [0.717, 1.165) is 25.6 Å². The lowest BCUT2D eigenvalue weighted by Gasteiger charge is -2.18. The highest BCUT2D eigenvalue weighted by Crippen LogP contribution is 2.38. The Kier molecular flexibility index (Phi) is 5.00. The average Bonchev–Trinajstić information content (AvgIpc) is 2.96. The van der Waals surface area contributed by atoms with Crippen LogP contribution in [-0.2, 0) is 4.57 Å². The number of para-hydroxylation sites is 2. The maximum Gasteiger partial charge on any atom is 0.466 e. The summed E-state index contributed by atoms with van der Waals surface area (Å²) in [5.41, 5.74) is 2.66. The molecular formula is C13H20N3O4P. The SMILES string of the molecule is CCCCN1C2=NCCN2c2ccccc21.O=P(O)(O)O. The first kappa shape index (κ1) is 16.0. The van der Waals surface area contributed by atoms with Crippen LogP contribution in [0.3, 0.4) is 0 Å². The van der Waals surface area contributed by atoms with Crippen LogP contribution in [0, 0.1) is 0 Å². The molecule has 0 spiro atoms. The number of hydrogen-bond acceptors (Lipinski definition) is 4. The van der Waals surface area contributed by atoms with Crippen molar-refractivity contribution in [3.63, 3.8) is 0 Å². The third-order valence-corrected chi connectivity index (χ3v) is 3.26. The molecule has 1 aromatic carbocycles. The van der Waals surface area contributed by atoms with Crippen molar-refractivity contribution in [1.82, 2.24) is 0 Å². The number of phosphoric acid groups is 1. The molecule has 2 aliphatic heterocycles. The fraction of sp³-hybridized carbons (Fsp3) is 0.462. The van der Waals surface area contributed by atoms with Gasteiger partial charge in [-0.1, -0.05) is 25.5 Å². The second-order valence-electron chi connectivity index (χ2n) is 4.84. The molecule has 3 N–H and O–H groups in total. The number of hydrogen-bond donors (Lipinski definition) is 3. The topological polar surface area (TPSA) is 96.6 Å². The van der Waals surface area contributed by atoms with Gasteiger partial charge in [-0.15, -0.1) is 0 Å². The van der Waals surface area contributed by atoms with Crippen molar-refractivity contribution in [1.29, 1.82) is 0 Å². The Bertz CT molecular complexity index is 564. The summed E-state index contributed by atoms with van der Waals surface area (Å²) in [6.07, 6.45) is 2.45. The molecule has 0 bridgehead atoms. The van der Waals surface area contributed by atoms with Crippen molar-refractivity contribution in [2.45, 2.75) is 19.8 Å². The van der Waals surface area contributed by atoms with Crippen LogP contribution in [-0.4, -0.2) is 40.3 Å². The lowest BCUT2D eigenvalue weighted by molar-refractivity contribution is 0.275. The summed E-state index contributed by atoms with van der Waals surface area (Å²) in [6.45, 7) is 5.29. The van der Waals surface area contributed by atoms with Crippen LogP contribution in [0.1, 0.15) is 19.8 Å². The molecule has 0 amide bonds. The molecule has 0 aromatic heterocycles. The zero-order valence-corrected chi connectivity index (χ0v) is 12.8. The molecule has 8 heteroatoms. The molecular weight excluding hydrogens is 293 g/mol. The van der Waals surface area contributed by atoms with Crippen molar-refractivity contribution in [3.8, 4) is 0 Å². The van der Waals surface area contributed by atoms with E-state index in [0.29, 0.717) is 0 Å². The van der Waals surface area contributed by atoms with Gasteiger partial charge >= 0.3 is 7.82 Å². The molecule has 3 rings (SSSR count). The molecule has 0 fully saturated rings. The van der Waals surface area contributed by atoms with Crippen molar-refractivity contribution in [3.05, 3.63) is 24.3 Å². The monoisotopic (exact) mass is 313 g/mol. The lowest BCUT2D eigenvalue weighted by Crippen LogP contribution is -2.35. The first-order valence-electron chi connectivity index (χ1n) is 6.88.